The molecule has 228 valence electrons. The zero-order chi connectivity index (χ0) is 30.7. The number of nitrogens with two attached hydrogens (primary N) is 1. The molecule has 1 aliphatic carbocycles. The number of methoxy groups -OCH3 is 1. The van der Waals surface area contributed by atoms with Crippen molar-refractivity contribution >= 4 is 52.0 Å². The molecule has 0 radical (unpaired) electrons. The van der Waals surface area contributed by atoms with E-state index in [1.54, 1.807) is 25.2 Å². The molecule has 0 bridgehead atoms. The molecule has 3 aromatic rings. The van der Waals surface area contributed by atoms with Gasteiger partial charge in [-0.1, -0.05) is 11.6 Å². The number of nitrogens with one attached hydrogen (secondary N) is 1. The number of anilines is 1. The van der Waals surface area contributed by atoms with E-state index in [1.807, 2.05) is 4.90 Å². The van der Waals surface area contributed by atoms with E-state index in [1.165, 1.54) is 18.2 Å². The van der Waals surface area contributed by atoms with Crippen molar-refractivity contribution in [2.24, 2.45) is 17.6 Å². The van der Waals surface area contributed by atoms with E-state index >= 15 is 0 Å². The summed E-state index contributed by atoms with van der Waals surface area (Å²) in [7, 11) is 3.15. The van der Waals surface area contributed by atoms with Gasteiger partial charge >= 0.3 is 0 Å². The van der Waals surface area contributed by atoms with Gasteiger partial charge in [0.25, 0.3) is 11.8 Å². The van der Waals surface area contributed by atoms with E-state index in [-0.39, 0.29) is 51.9 Å². The predicted molar refractivity (Wildman–Crippen MR) is 159 cm³/mol. The lowest BCUT2D eigenvalue weighted by atomic mass is 9.81. The highest BCUT2D eigenvalue weighted by Crippen LogP contribution is 2.36. The summed E-state index contributed by atoms with van der Waals surface area (Å²) < 4.78 is 10.9. The molecule has 0 aromatic carbocycles. The molecule has 0 unspecified atom stereocenters. The number of ether oxygens (including phenoxy) is 1. The summed E-state index contributed by atoms with van der Waals surface area (Å²) in [5.74, 6) is -2.20. The van der Waals surface area contributed by atoms with E-state index in [0.717, 1.165) is 25.9 Å². The molecular weight excluding hydrogens is 576 g/mol. The van der Waals surface area contributed by atoms with Gasteiger partial charge in [0.1, 0.15) is 16.9 Å². The summed E-state index contributed by atoms with van der Waals surface area (Å²) in [6.45, 7) is 2.22. The number of hydrogen-bond acceptors (Lipinski definition) is 8. The van der Waals surface area contributed by atoms with Crippen LogP contribution in [0.2, 0.25) is 5.02 Å². The van der Waals surface area contributed by atoms with E-state index in [4.69, 9.17) is 26.5 Å². The van der Waals surface area contributed by atoms with E-state index in [2.05, 4.69) is 15.3 Å². The monoisotopic (exact) mass is 610 g/mol. The second-order valence-corrected chi connectivity index (χ2v) is 11.5. The van der Waals surface area contributed by atoms with Gasteiger partial charge in [-0.05, 0) is 56.7 Å². The van der Waals surface area contributed by atoms with Gasteiger partial charge in [0.15, 0.2) is 5.58 Å². The zero-order valence-electron chi connectivity index (χ0n) is 24.2. The molecular formula is C30H35ClN6O6. The molecule has 3 N–H and O–H groups in total. The Morgan fingerprint density at radius 1 is 1.14 bits per heavy atom. The maximum Gasteiger partial charge on any atom is 0.286 e. The van der Waals surface area contributed by atoms with Crippen LogP contribution >= 0.6 is 11.6 Å². The normalized spacial score (nSPS) is 18.5. The van der Waals surface area contributed by atoms with Crippen LogP contribution in [0.5, 0.6) is 0 Å². The first kappa shape index (κ1) is 30.4. The molecule has 4 heterocycles. The van der Waals surface area contributed by atoms with Crippen molar-refractivity contribution in [1.82, 2.24) is 19.8 Å². The zero-order valence-corrected chi connectivity index (χ0v) is 25.0. The number of fused-ring (bicyclic) bond motifs is 1. The van der Waals surface area contributed by atoms with Crippen LogP contribution in [0, 0.1) is 11.8 Å². The SMILES string of the molecule is COCCN(C)C(=O)c1nc2c(NC(=O)C3CCC(C(=O)N4CCCC4)CC3)c(C(N)=O)oc2cc1-c1ccc(Cl)cn1. The number of aromatic nitrogens is 2. The molecule has 4 amide bonds. The molecule has 1 aliphatic heterocycles. The predicted octanol–water partition coefficient (Wildman–Crippen LogP) is 3.73. The minimum atomic E-state index is -0.899. The van der Waals surface area contributed by atoms with Gasteiger partial charge in [0.2, 0.25) is 17.6 Å². The highest BCUT2D eigenvalue weighted by atomic mass is 35.5. The van der Waals surface area contributed by atoms with Crippen LogP contribution in [0.1, 0.15) is 59.6 Å². The summed E-state index contributed by atoms with van der Waals surface area (Å²) in [6, 6.07) is 4.82. The standard InChI is InChI=1S/C30H35ClN6O6/c1-36(13-14-42-2)30(41)23-20(21-10-9-19(31)16-33-21)15-22-24(34-23)25(26(43-22)27(32)38)35-28(39)17-5-7-18(8-6-17)29(40)37-11-3-4-12-37/h9-10,15-18H,3-8,11-14H2,1-2H3,(H2,32,38)(H,35,39). The number of carbonyl (C=O) groups excluding carboxylic acids is 4. The summed E-state index contributed by atoms with van der Waals surface area (Å²) >= 11 is 6.03. The highest BCUT2D eigenvalue weighted by Gasteiger charge is 2.34. The first-order valence-electron chi connectivity index (χ1n) is 14.4. The first-order valence-corrected chi connectivity index (χ1v) is 14.8. The summed E-state index contributed by atoms with van der Waals surface area (Å²) in [5, 5.41) is 3.22. The molecule has 12 nitrogen and oxygen atoms in total. The minimum absolute atomic E-state index is 0.00646. The smallest absolute Gasteiger partial charge is 0.286 e. The number of nitrogens with zero attached hydrogens (tertiary/aromatic N) is 4. The third-order valence-corrected chi connectivity index (χ3v) is 8.41. The number of likely N-dealkylation sites (tertiary alicyclic amines) is 1. The summed E-state index contributed by atoms with van der Waals surface area (Å²) in [6.07, 6.45) is 5.81. The van der Waals surface area contributed by atoms with Gasteiger partial charge in [-0.25, -0.2) is 4.98 Å². The maximum absolute atomic E-state index is 13.6. The Balaban J connectivity index is 1.45. The Labute approximate surface area is 253 Å². The van der Waals surface area contributed by atoms with Gasteiger partial charge in [0.05, 0.1) is 17.3 Å². The molecule has 0 atom stereocenters. The van der Waals surface area contributed by atoms with Crippen molar-refractivity contribution in [2.75, 3.05) is 45.7 Å². The van der Waals surface area contributed by atoms with Crippen molar-refractivity contribution < 1.29 is 28.3 Å². The fraction of sp³-hybridized carbons (Fsp3) is 0.467. The Bertz CT molecular complexity index is 1530. The molecule has 3 aromatic heterocycles. The Hall–Kier alpha value is -4.03. The number of amides is 4. The number of likely N-dealkylation sites (N-methyl/N-ethyl adjacent to an activating group) is 1. The van der Waals surface area contributed by atoms with Gasteiger partial charge in [-0.3, -0.25) is 24.2 Å². The Morgan fingerprint density at radius 3 is 2.47 bits per heavy atom. The number of primary amides is 1. The van der Waals surface area contributed by atoms with Crippen molar-refractivity contribution in [2.45, 2.75) is 38.5 Å². The van der Waals surface area contributed by atoms with Crippen LogP contribution < -0.4 is 11.1 Å². The quantitative estimate of drug-likeness (QED) is 0.370. The Kier molecular flexibility index (Phi) is 9.26. The summed E-state index contributed by atoms with van der Waals surface area (Å²) in [5.41, 5.74) is 6.70. The fourth-order valence-corrected chi connectivity index (χ4v) is 5.85. The third kappa shape index (κ3) is 6.50. The third-order valence-electron chi connectivity index (χ3n) is 8.18. The Morgan fingerprint density at radius 2 is 1.84 bits per heavy atom. The molecule has 1 saturated heterocycles. The van der Waals surface area contributed by atoms with Crippen molar-refractivity contribution in [1.29, 1.82) is 0 Å². The van der Waals surface area contributed by atoms with E-state index in [0.29, 0.717) is 55.1 Å². The molecule has 43 heavy (non-hydrogen) atoms. The molecule has 2 fully saturated rings. The number of pyridine rings is 2. The van der Waals surface area contributed by atoms with Gasteiger partial charge < -0.3 is 30.0 Å². The molecule has 5 rings (SSSR count). The number of halogens is 1. The molecule has 1 saturated carbocycles. The number of rotatable bonds is 9. The maximum atomic E-state index is 13.6. The number of hydrogen-bond donors (Lipinski definition) is 2. The van der Waals surface area contributed by atoms with Crippen LogP contribution in [0.15, 0.2) is 28.8 Å². The van der Waals surface area contributed by atoms with Gasteiger partial charge in [0, 0.05) is 57.4 Å². The van der Waals surface area contributed by atoms with E-state index < -0.39 is 11.8 Å². The number of furan rings is 1. The van der Waals surface area contributed by atoms with Crippen LogP contribution in [0.3, 0.4) is 0 Å². The van der Waals surface area contributed by atoms with Crippen molar-refractivity contribution in [3.8, 4) is 11.3 Å². The van der Waals surface area contributed by atoms with Gasteiger partial charge in [-0.2, -0.15) is 0 Å². The lowest BCUT2D eigenvalue weighted by Crippen LogP contribution is -2.37. The van der Waals surface area contributed by atoms with Gasteiger partial charge in [-0.15, -0.1) is 0 Å². The number of carbonyl (C=O) groups is 4. The molecule has 13 heteroatoms. The largest absolute Gasteiger partial charge is 0.447 e. The molecule has 2 aliphatic rings. The summed E-state index contributed by atoms with van der Waals surface area (Å²) in [4.78, 5) is 64.6. The lowest BCUT2D eigenvalue weighted by Gasteiger charge is -2.29. The topological polar surface area (TPSA) is 161 Å². The van der Waals surface area contributed by atoms with Crippen LogP contribution in [-0.4, -0.2) is 83.8 Å². The van der Waals surface area contributed by atoms with Crippen LogP contribution in [0.25, 0.3) is 22.4 Å². The first-order chi connectivity index (χ1) is 20.7. The average molecular weight is 611 g/mol. The van der Waals surface area contributed by atoms with Crippen LogP contribution in [0.4, 0.5) is 5.69 Å². The second-order valence-electron chi connectivity index (χ2n) is 11.1. The van der Waals surface area contributed by atoms with Crippen molar-refractivity contribution in [3.05, 3.63) is 40.9 Å². The van der Waals surface area contributed by atoms with E-state index in [9.17, 15) is 19.2 Å². The average Bonchev–Trinajstić information content (AvgIpc) is 3.68. The highest BCUT2D eigenvalue weighted by molar-refractivity contribution is 6.30. The fourth-order valence-electron chi connectivity index (χ4n) is 5.74. The molecule has 0 spiro atoms. The minimum Gasteiger partial charge on any atom is -0.447 e. The lowest BCUT2D eigenvalue weighted by molar-refractivity contribution is -0.136. The van der Waals surface area contributed by atoms with Crippen LogP contribution in [-0.2, 0) is 14.3 Å². The van der Waals surface area contributed by atoms with Crippen molar-refractivity contribution in [3.63, 3.8) is 0 Å². The second kappa shape index (κ2) is 13.1.